The molecule has 3 atom stereocenters. The van der Waals surface area contributed by atoms with Crippen LogP contribution in [0.2, 0.25) is 5.02 Å². The van der Waals surface area contributed by atoms with E-state index in [-0.39, 0.29) is 0 Å². The van der Waals surface area contributed by atoms with Gasteiger partial charge in [0, 0.05) is 33.1 Å². The molecule has 2 rings (SSSR count). The molecule has 0 radical (unpaired) electrons. The van der Waals surface area contributed by atoms with Crippen LogP contribution in [-0.4, -0.2) is 34.6 Å². The fraction of sp³-hybridized carbons (Fsp3) is 0.600. The topological polar surface area (TPSA) is 12.0 Å². The molecule has 1 fully saturated rings. The van der Waals surface area contributed by atoms with Gasteiger partial charge in [-0.25, -0.2) is 0 Å². The van der Waals surface area contributed by atoms with E-state index >= 15 is 0 Å². The van der Waals surface area contributed by atoms with Crippen LogP contribution >= 0.6 is 35.1 Å². The average Bonchev–Trinajstić information content (AvgIpc) is 2.39. The van der Waals surface area contributed by atoms with Crippen LogP contribution in [0, 0.1) is 0 Å². The summed E-state index contributed by atoms with van der Waals surface area (Å²) in [4.78, 5) is 0. The van der Waals surface area contributed by atoms with E-state index in [0.29, 0.717) is 11.3 Å². The predicted molar refractivity (Wildman–Crippen MR) is 90.8 cm³/mol. The van der Waals surface area contributed by atoms with Crippen molar-refractivity contribution in [2.24, 2.45) is 0 Å². The van der Waals surface area contributed by atoms with E-state index in [1.807, 2.05) is 12.1 Å². The van der Waals surface area contributed by atoms with Crippen molar-refractivity contribution in [3.05, 3.63) is 34.9 Å². The van der Waals surface area contributed by atoms with E-state index in [1.165, 1.54) is 17.1 Å². The molecule has 1 saturated heterocycles. The fourth-order valence-corrected chi connectivity index (χ4v) is 5.75. The second-order valence-electron chi connectivity index (χ2n) is 4.91. The van der Waals surface area contributed by atoms with Crippen LogP contribution in [0.4, 0.5) is 0 Å². The third-order valence-electron chi connectivity index (χ3n) is 3.44. The Morgan fingerprint density at radius 1 is 1.37 bits per heavy atom. The number of nitrogens with one attached hydrogen (secondary N) is 1. The van der Waals surface area contributed by atoms with E-state index in [2.05, 4.69) is 54.8 Å². The molecule has 106 valence electrons. The summed E-state index contributed by atoms with van der Waals surface area (Å²) in [6.45, 7) is 5.58. The second-order valence-corrected chi connectivity index (χ2v) is 8.12. The average molecular weight is 316 g/mol. The highest BCUT2D eigenvalue weighted by Crippen LogP contribution is 2.34. The first-order valence-electron chi connectivity index (χ1n) is 6.91. The summed E-state index contributed by atoms with van der Waals surface area (Å²) in [7, 11) is 0. The third kappa shape index (κ3) is 4.59. The maximum atomic E-state index is 6.09. The number of rotatable bonds is 5. The minimum atomic E-state index is 0.538. The van der Waals surface area contributed by atoms with Gasteiger partial charge >= 0.3 is 0 Å². The number of benzene rings is 1. The molecule has 1 nitrogen and oxygen atoms in total. The van der Waals surface area contributed by atoms with Gasteiger partial charge in [-0.2, -0.15) is 23.5 Å². The number of thioether (sulfide) groups is 2. The van der Waals surface area contributed by atoms with E-state index in [0.717, 1.165) is 23.2 Å². The van der Waals surface area contributed by atoms with Gasteiger partial charge in [0.1, 0.15) is 0 Å². The molecule has 0 saturated carbocycles. The minimum Gasteiger partial charge on any atom is -0.313 e. The summed E-state index contributed by atoms with van der Waals surface area (Å²) < 4.78 is 0. The van der Waals surface area contributed by atoms with E-state index in [4.69, 9.17) is 11.6 Å². The molecule has 1 aromatic carbocycles. The van der Waals surface area contributed by atoms with Crippen molar-refractivity contribution in [2.75, 3.05) is 18.1 Å². The number of hydrogen-bond donors (Lipinski definition) is 1. The third-order valence-corrected chi connectivity index (χ3v) is 6.93. The Hall–Kier alpha value is 0.170. The van der Waals surface area contributed by atoms with Crippen LogP contribution in [0.15, 0.2) is 24.3 Å². The zero-order chi connectivity index (χ0) is 13.7. The van der Waals surface area contributed by atoms with Gasteiger partial charge in [-0.15, -0.1) is 0 Å². The molecule has 1 aromatic rings. The zero-order valence-electron chi connectivity index (χ0n) is 11.6. The molecule has 1 N–H and O–H groups in total. The SMILES string of the molecule is CCNC(Cc1cccc(Cl)c1)C1SCCSC1C. The Bertz CT molecular complexity index is 399. The van der Waals surface area contributed by atoms with Crippen molar-refractivity contribution >= 4 is 35.1 Å². The lowest BCUT2D eigenvalue weighted by Crippen LogP contribution is -2.45. The Morgan fingerprint density at radius 2 is 2.16 bits per heavy atom. The van der Waals surface area contributed by atoms with Crippen LogP contribution in [-0.2, 0) is 6.42 Å². The van der Waals surface area contributed by atoms with Gasteiger partial charge in [0.25, 0.3) is 0 Å². The zero-order valence-corrected chi connectivity index (χ0v) is 14.0. The summed E-state index contributed by atoms with van der Waals surface area (Å²) in [5.41, 5.74) is 1.34. The molecule has 4 heteroatoms. The molecular weight excluding hydrogens is 294 g/mol. The molecule has 0 spiro atoms. The fourth-order valence-electron chi connectivity index (χ4n) is 2.58. The Kier molecular flexibility index (Phi) is 6.40. The van der Waals surface area contributed by atoms with Crippen molar-refractivity contribution in [1.82, 2.24) is 5.32 Å². The Labute approximate surface area is 130 Å². The number of halogens is 1. The van der Waals surface area contributed by atoms with Crippen LogP contribution < -0.4 is 5.32 Å². The summed E-state index contributed by atoms with van der Waals surface area (Å²) in [5.74, 6) is 2.56. The lowest BCUT2D eigenvalue weighted by atomic mass is 10.0. The van der Waals surface area contributed by atoms with Gasteiger partial charge in [0.2, 0.25) is 0 Å². The molecular formula is C15H22ClNS2. The van der Waals surface area contributed by atoms with Gasteiger partial charge in [-0.05, 0) is 30.7 Å². The summed E-state index contributed by atoms with van der Waals surface area (Å²) in [6.07, 6.45) is 1.07. The molecule has 0 bridgehead atoms. The summed E-state index contributed by atoms with van der Waals surface area (Å²) in [6, 6.07) is 8.81. The van der Waals surface area contributed by atoms with Crippen LogP contribution in [0.25, 0.3) is 0 Å². The quantitative estimate of drug-likeness (QED) is 0.878. The van der Waals surface area contributed by atoms with Crippen LogP contribution in [0.1, 0.15) is 19.4 Å². The smallest absolute Gasteiger partial charge is 0.0408 e. The second kappa shape index (κ2) is 7.82. The van der Waals surface area contributed by atoms with E-state index in [9.17, 15) is 0 Å². The van der Waals surface area contributed by atoms with Gasteiger partial charge in [-0.3, -0.25) is 0 Å². The lowest BCUT2D eigenvalue weighted by molar-refractivity contribution is 0.501. The van der Waals surface area contributed by atoms with Crippen molar-refractivity contribution in [3.8, 4) is 0 Å². The highest BCUT2D eigenvalue weighted by molar-refractivity contribution is 8.07. The van der Waals surface area contributed by atoms with Crippen LogP contribution in [0.5, 0.6) is 0 Å². The van der Waals surface area contributed by atoms with E-state index < -0.39 is 0 Å². The van der Waals surface area contributed by atoms with Gasteiger partial charge in [0.15, 0.2) is 0 Å². The first-order valence-corrected chi connectivity index (χ1v) is 9.39. The molecule has 3 unspecified atom stereocenters. The minimum absolute atomic E-state index is 0.538. The Morgan fingerprint density at radius 3 is 2.84 bits per heavy atom. The number of hydrogen-bond acceptors (Lipinski definition) is 3. The molecule has 1 aliphatic rings. The van der Waals surface area contributed by atoms with Crippen molar-refractivity contribution < 1.29 is 0 Å². The lowest BCUT2D eigenvalue weighted by Gasteiger charge is -2.35. The van der Waals surface area contributed by atoms with Gasteiger partial charge in [0.05, 0.1) is 0 Å². The first kappa shape index (κ1) is 15.6. The molecule has 1 heterocycles. The molecule has 19 heavy (non-hydrogen) atoms. The molecule has 1 aliphatic heterocycles. The maximum absolute atomic E-state index is 6.09. The van der Waals surface area contributed by atoms with E-state index in [1.54, 1.807) is 0 Å². The summed E-state index contributed by atoms with van der Waals surface area (Å²) >= 11 is 10.3. The first-order chi connectivity index (χ1) is 9.20. The number of likely N-dealkylation sites (N-methyl/N-ethyl adjacent to an activating group) is 1. The standard InChI is InChI=1S/C15H22ClNS2/c1-3-17-14(15-11(2)18-7-8-19-15)10-12-5-4-6-13(16)9-12/h4-6,9,11,14-15,17H,3,7-8,10H2,1-2H3. The summed E-state index contributed by atoms with van der Waals surface area (Å²) in [5, 5.41) is 5.93. The molecule has 0 amide bonds. The van der Waals surface area contributed by atoms with Gasteiger partial charge in [-0.1, -0.05) is 37.6 Å². The molecule has 0 aromatic heterocycles. The van der Waals surface area contributed by atoms with Crippen molar-refractivity contribution in [2.45, 2.75) is 36.8 Å². The highest BCUT2D eigenvalue weighted by Gasteiger charge is 2.29. The van der Waals surface area contributed by atoms with Crippen LogP contribution in [0.3, 0.4) is 0 Å². The monoisotopic (exact) mass is 315 g/mol. The highest BCUT2D eigenvalue weighted by atomic mass is 35.5. The molecule has 0 aliphatic carbocycles. The largest absolute Gasteiger partial charge is 0.313 e. The maximum Gasteiger partial charge on any atom is 0.0408 e. The van der Waals surface area contributed by atoms with Gasteiger partial charge < -0.3 is 5.32 Å². The normalized spacial score (nSPS) is 25.2. The van der Waals surface area contributed by atoms with Crippen molar-refractivity contribution in [3.63, 3.8) is 0 Å². The Balaban J connectivity index is 2.06. The van der Waals surface area contributed by atoms with Crippen molar-refractivity contribution in [1.29, 1.82) is 0 Å². The predicted octanol–water partition coefficient (Wildman–Crippen LogP) is 4.10.